The summed E-state index contributed by atoms with van der Waals surface area (Å²) in [6.45, 7) is 6.13. The zero-order valence-electron chi connectivity index (χ0n) is 11.7. The summed E-state index contributed by atoms with van der Waals surface area (Å²) >= 11 is 0. The molecule has 0 aromatic carbocycles. The van der Waals surface area contributed by atoms with Crippen LogP contribution in [0, 0.1) is 11.8 Å². The lowest BCUT2D eigenvalue weighted by atomic mass is 10.0. The van der Waals surface area contributed by atoms with E-state index in [-0.39, 0.29) is 23.6 Å². The number of nitrogens with zero attached hydrogens (tertiary/aromatic N) is 2. The van der Waals surface area contributed by atoms with Crippen molar-refractivity contribution in [3.63, 3.8) is 0 Å². The standard InChI is InChI=1S/C14H22N2O3/c1-10-8-15(9-10)12(17)5-3-4-6-16-13(18)7-11(2)14(16)19/h10-11H,3-9H2,1-2H3. The molecule has 2 fully saturated rings. The quantitative estimate of drug-likeness (QED) is 0.551. The molecule has 0 radical (unpaired) electrons. The van der Waals surface area contributed by atoms with Gasteiger partial charge >= 0.3 is 0 Å². The van der Waals surface area contributed by atoms with Gasteiger partial charge in [-0.2, -0.15) is 0 Å². The van der Waals surface area contributed by atoms with Crippen LogP contribution in [0.4, 0.5) is 0 Å². The van der Waals surface area contributed by atoms with E-state index in [0.717, 1.165) is 25.9 Å². The Labute approximate surface area is 113 Å². The Hall–Kier alpha value is -1.39. The third-order valence-electron chi connectivity index (χ3n) is 3.91. The van der Waals surface area contributed by atoms with Crippen LogP contribution >= 0.6 is 0 Å². The number of amides is 3. The molecular formula is C14H22N2O3. The number of carbonyl (C=O) groups excluding carboxylic acids is 3. The molecule has 0 aliphatic carbocycles. The second kappa shape index (κ2) is 5.72. The number of hydrogen-bond donors (Lipinski definition) is 0. The van der Waals surface area contributed by atoms with Crippen molar-refractivity contribution in [2.24, 2.45) is 11.8 Å². The number of likely N-dealkylation sites (tertiary alicyclic amines) is 2. The summed E-state index contributed by atoms with van der Waals surface area (Å²) in [5.41, 5.74) is 0. The molecule has 1 atom stereocenters. The first-order valence-electron chi connectivity index (χ1n) is 7.11. The summed E-state index contributed by atoms with van der Waals surface area (Å²) in [4.78, 5) is 38.2. The highest BCUT2D eigenvalue weighted by Gasteiger charge is 2.34. The summed E-state index contributed by atoms with van der Waals surface area (Å²) in [7, 11) is 0. The first-order valence-corrected chi connectivity index (χ1v) is 7.11. The van der Waals surface area contributed by atoms with Crippen molar-refractivity contribution in [3.8, 4) is 0 Å². The number of unbranched alkanes of at least 4 members (excludes halogenated alkanes) is 1. The number of rotatable bonds is 5. The van der Waals surface area contributed by atoms with E-state index in [0.29, 0.717) is 25.3 Å². The maximum Gasteiger partial charge on any atom is 0.232 e. The predicted molar refractivity (Wildman–Crippen MR) is 70.1 cm³/mol. The van der Waals surface area contributed by atoms with Gasteiger partial charge in [0.2, 0.25) is 17.7 Å². The second-order valence-electron chi connectivity index (χ2n) is 5.85. The predicted octanol–water partition coefficient (Wildman–Crippen LogP) is 1.03. The number of imide groups is 1. The van der Waals surface area contributed by atoms with Gasteiger partial charge in [0, 0.05) is 38.4 Å². The van der Waals surface area contributed by atoms with Crippen LogP contribution < -0.4 is 0 Å². The summed E-state index contributed by atoms with van der Waals surface area (Å²) in [6, 6.07) is 0. The van der Waals surface area contributed by atoms with E-state index in [2.05, 4.69) is 6.92 Å². The van der Waals surface area contributed by atoms with Gasteiger partial charge in [0.05, 0.1) is 0 Å². The van der Waals surface area contributed by atoms with E-state index in [1.165, 1.54) is 4.90 Å². The smallest absolute Gasteiger partial charge is 0.232 e. The van der Waals surface area contributed by atoms with Crippen molar-refractivity contribution in [3.05, 3.63) is 0 Å². The van der Waals surface area contributed by atoms with E-state index < -0.39 is 0 Å². The Morgan fingerprint density at radius 3 is 2.42 bits per heavy atom. The topological polar surface area (TPSA) is 57.7 Å². The minimum absolute atomic E-state index is 0.0621. The molecule has 0 spiro atoms. The fraction of sp³-hybridized carbons (Fsp3) is 0.786. The lowest BCUT2D eigenvalue weighted by Gasteiger charge is -2.37. The van der Waals surface area contributed by atoms with Gasteiger partial charge in [0.1, 0.15) is 0 Å². The van der Waals surface area contributed by atoms with Crippen molar-refractivity contribution in [2.75, 3.05) is 19.6 Å². The molecule has 19 heavy (non-hydrogen) atoms. The highest BCUT2D eigenvalue weighted by atomic mass is 16.2. The highest BCUT2D eigenvalue weighted by Crippen LogP contribution is 2.20. The molecule has 106 valence electrons. The number of carbonyl (C=O) groups is 3. The van der Waals surface area contributed by atoms with Crippen LogP contribution in [0.25, 0.3) is 0 Å². The Kier molecular flexibility index (Phi) is 4.22. The van der Waals surface area contributed by atoms with Crippen LogP contribution in [-0.4, -0.2) is 47.2 Å². The van der Waals surface area contributed by atoms with Gasteiger partial charge in [-0.25, -0.2) is 0 Å². The first-order chi connectivity index (χ1) is 8.99. The van der Waals surface area contributed by atoms with Crippen molar-refractivity contribution in [1.29, 1.82) is 0 Å². The molecule has 0 N–H and O–H groups in total. The lowest BCUT2D eigenvalue weighted by molar-refractivity contribution is -0.139. The molecule has 0 aromatic rings. The molecule has 0 aromatic heterocycles. The van der Waals surface area contributed by atoms with Gasteiger partial charge in [-0.3, -0.25) is 19.3 Å². The van der Waals surface area contributed by atoms with Crippen LogP contribution in [0.5, 0.6) is 0 Å². The summed E-state index contributed by atoms with van der Waals surface area (Å²) < 4.78 is 0. The van der Waals surface area contributed by atoms with Crippen molar-refractivity contribution in [1.82, 2.24) is 9.80 Å². The van der Waals surface area contributed by atoms with Gasteiger partial charge in [-0.15, -0.1) is 0 Å². The van der Waals surface area contributed by atoms with E-state index in [1.807, 2.05) is 4.90 Å². The zero-order valence-corrected chi connectivity index (χ0v) is 11.7. The number of hydrogen-bond acceptors (Lipinski definition) is 3. The van der Waals surface area contributed by atoms with Crippen LogP contribution in [0.3, 0.4) is 0 Å². The summed E-state index contributed by atoms with van der Waals surface area (Å²) in [5.74, 6) is 0.529. The molecule has 5 heteroatoms. The van der Waals surface area contributed by atoms with Crippen LogP contribution in [0.2, 0.25) is 0 Å². The van der Waals surface area contributed by atoms with Gasteiger partial charge in [0.15, 0.2) is 0 Å². The van der Waals surface area contributed by atoms with E-state index in [4.69, 9.17) is 0 Å². The molecule has 5 nitrogen and oxygen atoms in total. The van der Waals surface area contributed by atoms with Crippen molar-refractivity contribution in [2.45, 2.75) is 39.5 Å². The van der Waals surface area contributed by atoms with Gasteiger partial charge in [0.25, 0.3) is 0 Å². The Bertz CT molecular complexity index is 388. The van der Waals surface area contributed by atoms with E-state index >= 15 is 0 Å². The van der Waals surface area contributed by atoms with Gasteiger partial charge in [-0.1, -0.05) is 13.8 Å². The van der Waals surface area contributed by atoms with Crippen molar-refractivity contribution < 1.29 is 14.4 Å². The van der Waals surface area contributed by atoms with Gasteiger partial charge < -0.3 is 4.90 Å². The fourth-order valence-electron chi connectivity index (χ4n) is 2.69. The average molecular weight is 266 g/mol. The molecule has 2 rings (SSSR count). The van der Waals surface area contributed by atoms with Crippen molar-refractivity contribution >= 4 is 17.7 Å². The van der Waals surface area contributed by atoms with Crippen LogP contribution in [0.15, 0.2) is 0 Å². The van der Waals surface area contributed by atoms with E-state index in [9.17, 15) is 14.4 Å². The zero-order chi connectivity index (χ0) is 14.0. The molecule has 0 saturated carbocycles. The van der Waals surface area contributed by atoms with E-state index in [1.54, 1.807) is 6.92 Å². The van der Waals surface area contributed by atoms with Crippen LogP contribution in [0.1, 0.15) is 39.5 Å². The minimum Gasteiger partial charge on any atom is -0.342 e. The largest absolute Gasteiger partial charge is 0.342 e. The van der Waals surface area contributed by atoms with Crippen LogP contribution in [-0.2, 0) is 14.4 Å². The molecule has 1 unspecified atom stereocenters. The van der Waals surface area contributed by atoms with Gasteiger partial charge in [-0.05, 0) is 18.8 Å². The molecule has 2 aliphatic heterocycles. The average Bonchev–Trinajstić information content (AvgIpc) is 2.56. The highest BCUT2D eigenvalue weighted by molar-refractivity contribution is 6.03. The fourth-order valence-corrected chi connectivity index (χ4v) is 2.69. The molecule has 2 aliphatic rings. The molecular weight excluding hydrogens is 244 g/mol. The molecule has 2 saturated heterocycles. The Balaban J connectivity index is 1.63. The maximum absolute atomic E-state index is 11.7. The molecule has 2 heterocycles. The lowest BCUT2D eigenvalue weighted by Crippen LogP contribution is -2.48. The minimum atomic E-state index is -0.170. The normalized spacial score (nSPS) is 24.0. The third-order valence-corrected chi connectivity index (χ3v) is 3.91. The second-order valence-corrected chi connectivity index (χ2v) is 5.85. The SMILES string of the molecule is CC1CN(C(=O)CCCCN2C(=O)CC(C)C2=O)C1. The third kappa shape index (κ3) is 3.14. The molecule has 3 amide bonds. The summed E-state index contributed by atoms with van der Waals surface area (Å²) in [5, 5.41) is 0. The Morgan fingerprint density at radius 2 is 1.89 bits per heavy atom. The maximum atomic E-state index is 11.7. The Morgan fingerprint density at radius 1 is 1.21 bits per heavy atom. The summed E-state index contributed by atoms with van der Waals surface area (Å²) in [6.07, 6.45) is 2.33. The first kappa shape index (κ1) is 14.0. The molecule has 0 bridgehead atoms. The monoisotopic (exact) mass is 266 g/mol.